The number of rotatable bonds is 7. The number of halogens is 1. The van der Waals surface area contributed by atoms with Crippen LogP contribution in [-0.4, -0.2) is 37.6 Å². The molecule has 0 spiro atoms. The summed E-state index contributed by atoms with van der Waals surface area (Å²) in [7, 11) is -4.04. The van der Waals surface area contributed by atoms with Gasteiger partial charge in [0.2, 0.25) is 14.8 Å². The van der Waals surface area contributed by atoms with Crippen LogP contribution in [0.1, 0.15) is 72.3 Å². The van der Waals surface area contributed by atoms with Gasteiger partial charge in [-0.05, 0) is 76.5 Å². The van der Waals surface area contributed by atoms with Crippen LogP contribution in [0.3, 0.4) is 0 Å². The molecule has 0 atom stereocenters. The first kappa shape index (κ1) is 24.8. The normalized spacial score (nSPS) is 23.2. The van der Waals surface area contributed by atoms with E-state index in [0.29, 0.717) is 19.4 Å². The van der Waals surface area contributed by atoms with E-state index in [1.165, 1.54) is 12.1 Å². The van der Waals surface area contributed by atoms with E-state index >= 15 is 4.39 Å². The van der Waals surface area contributed by atoms with E-state index in [1.54, 1.807) is 19.1 Å². The van der Waals surface area contributed by atoms with Gasteiger partial charge >= 0.3 is 5.97 Å². The Morgan fingerprint density at radius 3 is 2.33 bits per heavy atom. The Morgan fingerprint density at radius 1 is 1.20 bits per heavy atom. The number of carbonyl (C=O) groups is 1. The third-order valence-corrected chi connectivity index (χ3v) is 7.67. The second-order valence-electron chi connectivity index (χ2n) is 10.3. The molecule has 1 N–H and O–H groups in total. The fourth-order valence-electron chi connectivity index (χ4n) is 3.77. The molecule has 1 aliphatic rings. The lowest BCUT2D eigenvalue weighted by molar-refractivity contribution is -0.157. The van der Waals surface area contributed by atoms with Crippen LogP contribution in [0.4, 0.5) is 4.39 Å². The van der Waals surface area contributed by atoms with E-state index in [-0.39, 0.29) is 41.6 Å². The summed E-state index contributed by atoms with van der Waals surface area (Å²) < 4.78 is 46.6. The van der Waals surface area contributed by atoms with Crippen molar-refractivity contribution < 1.29 is 22.3 Å². The van der Waals surface area contributed by atoms with Crippen LogP contribution in [0.15, 0.2) is 29.2 Å². The lowest BCUT2D eigenvalue weighted by Gasteiger charge is -2.35. The molecule has 5 nitrogen and oxygen atoms in total. The number of ether oxygens (including phenoxy) is 1. The van der Waals surface area contributed by atoms with Crippen molar-refractivity contribution in [2.24, 2.45) is 5.41 Å². The predicted molar refractivity (Wildman–Crippen MR) is 117 cm³/mol. The number of hydrogen-bond donors (Lipinski definition) is 1. The van der Waals surface area contributed by atoms with E-state index in [2.05, 4.69) is 5.32 Å². The van der Waals surface area contributed by atoms with Crippen molar-refractivity contribution in [2.75, 3.05) is 6.54 Å². The molecule has 2 rings (SSSR count). The van der Waals surface area contributed by atoms with Gasteiger partial charge in [-0.1, -0.05) is 26.0 Å². The highest BCUT2D eigenvalue weighted by molar-refractivity contribution is 7.92. The summed E-state index contributed by atoms with van der Waals surface area (Å²) in [6, 6.07) is 6.46. The summed E-state index contributed by atoms with van der Waals surface area (Å²) >= 11 is 0. The molecule has 1 fully saturated rings. The second-order valence-corrected chi connectivity index (χ2v) is 12.5. The minimum Gasteiger partial charge on any atom is -0.460 e. The number of alkyl halides is 1. The Hall–Kier alpha value is -1.47. The second kappa shape index (κ2) is 8.95. The molecule has 0 aromatic heterocycles. The van der Waals surface area contributed by atoms with Crippen LogP contribution >= 0.6 is 0 Å². The van der Waals surface area contributed by atoms with E-state index in [1.807, 2.05) is 34.6 Å². The molecule has 0 amide bonds. The molecular weight excluding hydrogens is 405 g/mol. The van der Waals surface area contributed by atoms with Crippen molar-refractivity contribution in [3.8, 4) is 0 Å². The maximum atomic E-state index is 15.5. The highest BCUT2D eigenvalue weighted by Gasteiger charge is 2.47. The van der Waals surface area contributed by atoms with Gasteiger partial charge in [0.1, 0.15) is 5.60 Å². The summed E-state index contributed by atoms with van der Waals surface area (Å²) in [6.45, 7) is 11.8. The molecule has 0 unspecified atom stereocenters. The molecule has 30 heavy (non-hydrogen) atoms. The molecule has 0 heterocycles. The van der Waals surface area contributed by atoms with Gasteiger partial charge in [-0.15, -0.1) is 0 Å². The molecule has 0 saturated heterocycles. The number of benzene rings is 1. The lowest BCUT2D eigenvalue weighted by Crippen LogP contribution is -2.45. The molecule has 1 aliphatic carbocycles. The first-order valence-corrected chi connectivity index (χ1v) is 12.1. The molecule has 0 radical (unpaired) electrons. The summed E-state index contributed by atoms with van der Waals surface area (Å²) in [5.74, 6) is -0.245. The molecule has 0 aliphatic heterocycles. The summed E-state index contributed by atoms with van der Waals surface area (Å²) in [5.41, 5.74) is -0.0421. The van der Waals surface area contributed by atoms with Gasteiger partial charge < -0.3 is 10.1 Å². The number of aryl methyl sites for hydroxylation is 1. The number of sulfone groups is 1. The van der Waals surface area contributed by atoms with Crippen LogP contribution in [0, 0.1) is 12.3 Å². The Balaban J connectivity index is 1.91. The van der Waals surface area contributed by atoms with Gasteiger partial charge in [0.15, 0.2) is 0 Å². The Morgan fingerprint density at radius 2 is 1.80 bits per heavy atom. The largest absolute Gasteiger partial charge is 0.460 e. The Labute approximate surface area is 180 Å². The van der Waals surface area contributed by atoms with Crippen molar-refractivity contribution in [3.05, 3.63) is 29.8 Å². The van der Waals surface area contributed by atoms with Gasteiger partial charge in [-0.3, -0.25) is 4.79 Å². The number of esters is 1. The molecule has 1 aromatic rings. The maximum absolute atomic E-state index is 15.5. The smallest absolute Gasteiger partial charge is 0.306 e. The molecule has 1 saturated carbocycles. The zero-order valence-electron chi connectivity index (χ0n) is 19.0. The minimum atomic E-state index is -4.04. The number of nitrogens with one attached hydrogen (secondary N) is 1. The number of hydrogen-bond acceptors (Lipinski definition) is 5. The van der Waals surface area contributed by atoms with E-state index in [9.17, 15) is 13.2 Å². The Bertz CT molecular complexity index is 850. The van der Waals surface area contributed by atoms with Crippen LogP contribution in [0.5, 0.6) is 0 Å². The zero-order valence-corrected chi connectivity index (χ0v) is 19.9. The average Bonchev–Trinajstić information content (AvgIpc) is 2.59. The lowest BCUT2D eigenvalue weighted by atomic mass is 9.87. The van der Waals surface area contributed by atoms with Gasteiger partial charge in [-0.2, -0.15) is 0 Å². The SMILES string of the molecule is Cc1cccc(S(=O)(=O)C2(F)CCC(NCC(C)(C)CC(=O)OC(C)(C)C)CC2)c1. The summed E-state index contributed by atoms with van der Waals surface area (Å²) in [4.78, 5) is 12.2. The average molecular weight is 442 g/mol. The fourth-order valence-corrected chi connectivity index (χ4v) is 5.56. The van der Waals surface area contributed by atoms with Crippen molar-refractivity contribution >= 4 is 15.8 Å². The standard InChI is InChI=1S/C23H36FNO4S/c1-17-8-7-9-19(14-17)30(27,28)23(24)12-10-18(11-13-23)25-16-22(5,6)15-20(26)29-21(2,3)4/h7-9,14,18,25H,10-13,15-16H2,1-6H3. The van der Waals surface area contributed by atoms with Crippen LogP contribution in [-0.2, 0) is 19.4 Å². The molecule has 170 valence electrons. The van der Waals surface area contributed by atoms with Crippen molar-refractivity contribution in [1.82, 2.24) is 5.32 Å². The molecular formula is C23H36FNO4S. The molecule has 1 aromatic carbocycles. The van der Waals surface area contributed by atoms with Crippen molar-refractivity contribution in [1.29, 1.82) is 0 Å². The first-order chi connectivity index (χ1) is 13.6. The van der Waals surface area contributed by atoms with Gasteiger partial charge in [0.25, 0.3) is 0 Å². The molecule has 7 heteroatoms. The zero-order chi connectivity index (χ0) is 22.8. The number of carbonyl (C=O) groups excluding carboxylic acids is 1. The highest BCUT2D eigenvalue weighted by atomic mass is 32.2. The quantitative estimate of drug-likeness (QED) is 0.620. The summed E-state index contributed by atoms with van der Waals surface area (Å²) in [5, 5.41) is 1.17. The van der Waals surface area contributed by atoms with Gasteiger partial charge in [0, 0.05) is 12.6 Å². The van der Waals surface area contributed by atoms with Crippen LogP contribution in [0.2, 0.25) is 0 Å². The predicted octanol–water partition coefficient (Wildman–Crippen LogP) is 4.72. The topological polar surface area (TPSA) is 72.5 Å². The molecule has 0 bridgehead atoms. The monoisotopic (exact) mass is 441 g/mol. The minimum absolute atomic E-state index is 0.0273. The third kappa shape index (κ3) is 6.51. The van der Waals surface area contributed by atoms with E-state index < -0.39 is 20.4 Å². The van der Waals surface area contributed by atoms with Crippen molar-refractivity contribution in [2.45, 2.75) is 95.2 Å². The van der Waals surface area contributed by atoms with Crippen LogP contribution in [0.25, 0.3) is 0 Å². The van der Waals surface area contributed by atoms with E-state index in [4.69, 9.17) is 4.74 Å². The van der Waals surface area contributed by atoms with E-state index in [0.717, 1.165) is 5.56 Å². The van der Waals surface area contributed by atoms with Gasteiger partial charge in [-0.25, -0.2) is 12.8 Å². The van der Waals surface area contributed by atoms with Gasteiger partial charge in [0.05, 0.1) is 11.3 Å². The Kier molecular flexibility index (Phi) is 7.40. The highest BCUT2D eigenvalue weighted by Crippen LogP contribution is 2.40. The summed E-state index contributed by atoms with van der Waals surface area (Å²) in [6.07, 6.45) is 1.08. The maximum Gasteiger partial charge on any atom is 0.306 e. The fraction of sp³-hybridized carbons (Fsp3) is 0.696. The first-order valence-electron chi connectivity index (χ1n) is 10.6. The van der Waals surface area contributed by atoms with Crippen LogP contribution < -0.4 is 5.32 Å². The third-order valence-electron chi connectivity index (χ3n) is 5.43. The van der Waals surface area contributed by atoms with Crippen molar-refractivity contribution in [3.63, 3.8) is 0 Å².